The molecule has 16 nitrogen and oxygen atoms in total. The van der Waals surface area contributed by atoms with Gasteiger partial charge < -0.3 is 24.7 Å². The summed E-state index contributed by atoms with van der Waals surface area (Å²) in [7, 11) is -6.02. The second-order valence-corrected chi connectivity index (χ2v) is 18.3. The van der Waals surface area contributed by atoms with Gasteiger partial charge in [-0.2, -0.15) is 8.42 Å². The maximum Gasteiger partial charge on any atom is 0.362 e. The maximum atomic E-state index is 12.7. The van der Waals surface area contributed by atoms with Crippen LogP contribution in [0, 0.1) is 0 Å². The maximum absolute atomic E-state index is 12.7. The molecule has 18 heteroatoms. The molecular formula is C28H38N6O10SSi. The average molecular weight is 679 g/mol. The Morgan fingerprint density at radius 3 is 2.43 bits per heavy atom. The van der Waals surface area contributed by atoms with E-state index in [1.807, 2.05) is 33.9 Å². The van der Waals surface area contributed by atoms with Gasteiger partial charge in [0.2, 0.25) is 5.91 Å². The number of benzene rings is 1. The number of nitrogens with zero attached hydrogens (tertiary/aromatic N) is 4. The highest BCUT2D eigenvalue weighted by Gasteiger charge is 2.51. The number of carbonyl (C=O) groups excluding carboxylic acids is 3. The molecule has 4 atom stereocenters. The fourth-order valence-electron chi connectivity index (χ4n) is 4.53. The molecule has 4 N–H and O–H groups in total. The Labute approximate surface area is 267 Å². The Hall–Kier alpha value is -3.81. The van der Waals surface area contributed by atoms with Crippen molar-refractivity contribution >= 4 is 53.3 Å². The van der Waals surface area contributed by atoms with Crippen molar-refractivity contribution in [3.63, 3.8) is 0 Å². The number of rotatable bonds is 12. The van der Waals surface area contributed by atoms with Crippen LogP contribution in [0.4, 0.5) is 5.82 Å². The van der Waals surface area contributed by atoms with Crippen LogP contribution in [0.1, 0.15) is 60.6 Å². The fraction of sp³-hybridized carbons (Fsp3) is 0.500. The molecule has 46 heavy (non-hydrogen) atoms. The first kappa shape index (κ1) is 35.0. The van der Waals surface area contributed by atoms with Crippen LogP contribution in [-0.2, 0) is 33.2 Å². The zero-order valence-corrected chi connectivity index (χ0v) is 28.1. The van der Waals surface area contributed by atoms with Gasteiger partial charge in [-0.15, -0.1) is 0 Å². The van der Waals surface area contributed by atoms with E-state index in [0.717, 1.165) is 0 Å². The van der Waals surface area contributed by atoms with E-state index in [1.165, 1.54) is 36.5 Å². The van der Waals surface area contributed by atoms with Crippen molar-refractivity contribution in [1.82, 2.24) is 24.2 Å². The number of imidazole rings is 1. The predicted octanol–water partition coefficient (Wildman–Crippen LogP) is 1.88. The van der Waals surface area contributed by atoms with Crippen molar-refractivity contribution in [3.05, 3.63) is 48.0 Å². The number of hydrogen-bond acceptors (Lipinski definition) is 14. The SMILES string of the molecule is COC(=O)c1ccccc1C(=O)CCC(=O)NS(=O)(=O)OC[C@H]1O[C@@H](n2cnc3c(N)ncnc32)[C@H](O[Si](C)(C)C(C)(C)C)[C@@H]1O. The van der Waals surface area contributed by atoms with Crippen LogP contribution in [0.15, 0.2) is 36.9 Å². The Morgan fingerprint density at radius 2 is 1.78 bits per heavy atom. The summed E-state index contributed by atoms with van der Waals surface area (Å²) in [5.74, 6) is -2.16. The van der Waals surface area contributed by atoms with Gasteiger partial charge in [-0.05, 0) is 24.2 Å². The van der Waals surface area contributed by atoms with Crippen LogP contribution >= 0.6 is 0 Å². The molecule has 250 valence electrons. The van der Waals surface area contributed by atoms with E-state index in [1.54, 1.807) is 16.9 Å². The number of fused-ring (bicyclic) bond motifs is 1. The van der Waals surface area contributed by atoms with Crippen LogP contribution in [0.2, 0.25) is 18.1 Å². The number of nitrogens with two attached hydrogens (primary N) is 1. The number of aliphatic hydroxyl groups excluding tert-OH is 1. The quantitative estimate of drug-likeness (QED) is 0.141. The minimum absolute atomic E-state index is 0.0234. The molecule has 1 fully saturated rings. The minimum Gasteiger partial charge on any atom is -0.465 e. The minimum atomic E-state index is -4.68. The Morgan fingerprint density at radius 1 is 1.11 bits per heavy atom. The number of ketones is 1. The number of Topliss-reactive ketones (excluding diaryl/α,β-unsaturated/α-hetero) is 1. The topological polar surface area (TPSA) is 224 Å². The molecule has 1 aliphatic heterocycles. The van der Waals surface area contributed by atoms with Crippen LogP contribution in [-0.4, -0.2) is 91.0 Å². The molecule has 3 heterocycles. The van der Waals surface area contributed by atoms with E-state index in [-0.39, 0.29) is 28.4 Å². The van der Waals surface area contributed by atoms with Crippen LogP contribution in [0.3, 0.4) is 0 Å². The summed E-state index contributed by atoms with van der Waals surface area (Å²) < 4.78 is 50.9. The number of hydrogen-bond donors (Lipinski definition) is 3. The summed E-state index contributed by atoms with van der Waals surface area (Å²) in [6.07, 6.45) is -2.75. The van der Waals surface area contributed by atoms with Crippen LogP contribution in [0.25, 0.3) is 11.2 Å². The fourth-order valence-corrected chi connectivity index (χ4v) is 6.58. The molecular weight excluding hydrogens is 640 g/mol. The van der Waals surface area contributed by atoms with Crippen molar-refractivity contribution in [2.75, 3.05) is 19.5 Å². The van der Waals surface area contributed by atoms with E-state index in [2.05, 4.69) is 19.7 Å². The average Bonchev–Trinajstić information content (AvgIpc) is 3.55. The highest BCUT2D eigenvalue weighted by atomic mass is 32.2. The Kier molecular flexibility index (Phi) is 10.3. The van der Waals surface area contributed by atoms with Gasteiger partial charge in [0, 0.05) is 18.4 Å². The lowest BCUT2D eigenvalue weighted by Gasteiger charge is -2.40. The molecule has 1 amide bonds. The smallest absolute Gasteiger partial charge is 0.362 e. The number of amides is 1. The normalized spacial score (nSPS) is 20.5. The van der Waals surface area contributed by atoms with Crippen molar-refractivity contribution in [2.24, 2.45) is 0 Å². The first-order valence-electron chi connectivity index (χ1n) is 14.3. The van der Waals surface area contributed by atoms with E-state index >= 15 is 0 Å². The number of aliphatic hydroxyl groups is 1. The standard InChI is InChI=1S/C28H38N6O10SSi/c1-28(2,3)46(5,6)44-23-22(37)19(43-26(23)34-15-32-21-24(29)30-14-31-25(21)34)13-42-45(39,40)33-20(36)12-11-18(35)16-9-7-8-10-17(16)27(38)41-4/h7-10,14-15,19,22-23,26,37H,11-13H2,1-6H3,(H,33,36)(H2,29,30,31)/t19-,22-,23-,26-/m1/s1. The highest BCUT2D eigenvalue weighted by molar-refractivity contribution is 7.85. The monoisotopic (exact) mass is 678 g/mol. The number of carbonyl (C=O) groups is 3. The summed E-state index contributed by atoms with van der Waals surface area (Å²) in [5, 5.41) is 11.1. The molecule has 0 aliphatic carbocycles. The zero-order valence-electron chi connectivity index (χ0n) is 26.3. The van der Waals surface area contributed by atoms with Gasteiger partial charge >= 0.3 is 16.3 Å². The van der Waals surface area contributed by atoms with Gasteiger partial charge in [-0.1, -0.05) is 39.0 Å². The van der Waals surface area contributed by atoms with Crippen molar-refractivity contribution in [1.29, 1.82) is 0 Å². The molecule has 4 rings (SSSR count). The molecule has 0 saturated carbocycles. The summed E-state index contributed by atoms with van der Waals surface area (Å²) in [6, 6.07) is 5.91. The molecule has 0 spiro atoms. The molecule has 2 aromatic heterocycles. The molecule has 1 aromatic carbocycles. The third-order valence-corrected chi connectivity index (χ3v) is 13.4. The summed E-state index contributed by atoms with van der Waals surface area (Å²) in [6.45, 7) is 9.39. The molecule has 3 aromatic rings. The highest BCUT2D eigenvalue weighted by Crippen LogP contribution is 2.42. The van der Waals surface area contributed by atoms with E-state index in [4.69, 9.17) is 19.1 Å². The second-order valence-electron chi connectivity index (χ2n) is 12.2. The number of aromatic nitrogens is 4. The Bertz CT molecular complexity index is 1720. The number of methoxy groups -OCH3 is 1. The number of nitrogen functional groups attached to an aromatic ring is 1. The number of esters is 1. The Balaban J connectivity index is 1.44. The molecule has 1 saturated heterocycles. The largest absolute Gasteiger partial charge is 0.465 e. The lowest BCUT2D eigenvalue weighted by atomic mass is 10.0. The van der Waals surface area contributed by atoms with Crippen LogP contribution in [0.5, 0.6) is 0 Å². The van der Waals surface area contributed by atoms with Gasteiger partial charge in [0.15, 0.2) is 31.8 Å². The van der Waals surface area contributed by atoms with Gasteiger partial charge in [0.05, 0.1) is 25.6 Å². The van der Waals surface area contributed by atoms with E-state index in [0.29, 0.717) is 11.2 Å². The molecule has 1 aliphatic rings. The number of ether oxygens (including phenoxy) is 2. The van der Waals surface area contributed by atoms with Crippen LogP contribution < -0.4 is 10.5 Å². The first-order valence-corrected chi connectivity index (χ1v) is 18.6. The van der Waals surface area contributed by atoms with Gasteiger partial charge in [0.1, 0.15) is 30.2 Å². The first-order chi connectivity index (χ1) is 21.5. The summed E-state index contributed by atoms with van der Waals surface area (Å²) in [5.41, 5.74) is 6.63. The lowest BCUT2D eigenvalue weighted by Crippen LogP contribution is -2.49. The van der Waals surface area contributed by atoms with Gasteiger partial charge in [-0.25, -0.2) is 24.5 Å². The third kappa shape index (κ3) is 7.59. The van der Waals surface area contributed by atoms with Crippen molar-refractivity contribution in [2.45, 2.75) is 76.3 Å². The molecule has 0 unspecified atom stereocenters. The number of anilines is 1. The third-order valence-electron chi connectivity index (χ3n) is 8.05. The van der Waals surface area contributed by atoms with Gasteiger partial charge in [-0.3, -0.25) is 18.3 Å². The van der Waals surface area contributed by atoms with Gasteiger partial charge in [0.25, 0.3) is 0 Å². The second kappa shape index (κ2) is 13.5. The molecule has 0 radical (unpaired) electrons. The lowest BCUT2D eigenvalue weighted by molar-refractivity contribution is -0.119. The summed E-state index contributed by atoms with van der Waals surface area (Å²) in [4.78, 5) is 49.5. The van der Waals surface area contributed by atoms with Crippen molar-refractivity contribution < 1.29 is 46.0 Å². The van der Waals surface area contributed by atoms with E-state index in [9.17, 15) is 27.9 Å². The number of nitrogens with one attached hydrogen (secondary N) is 1. The zero-order chi connectivity index (χ0) is 34.0. The van der Waals surface area contributed by atoms with E-state index < -0.39 is 73.8 Å². The predicted molar refractivity (Wildman–Crippen MR) is 166 cm³/mol. The summed E-state index contributed by atoms with van der Waals surface area (Å²) >= 11 is 0. The van der Waals surface area contributed by atoms with Crippen molar-refractivity contribution in [3.8, 4) is 0 Å². The molecule has 0 bridgehead atoms.